The van der Waals surface area contributed by atoms with Crippen LogP contribution in [0.1, 0.15) is 17.7 Å². The van der Waals surface area contributed by atoms with Crippen molar-refractivity contribution in [2.45, 2.75) is 24.6 Å². The lowest BCUT2D eigenvalue weighted by Crippen LogP contribution is -2.45. The minimum atomic E-state index is -1.14. The number of alkyl halides is 1. The summed E-state index contributed by atoms with van der Waals surface area (Å²) in [6.45, 7) is 0. The third-order valence-electron chi connectivity index (χ3n) is 2.24. The molecule has 0 spiro atoms. The maximum atomic E-state index is 12.9. The second-order valence-corrected chi connectivity index (χ2v) is 3.86. The summed E-state index contributed by atoms with van der Waals surface area (Å²) < 4.78 is 12.9. The summed E-state index contributed by atoms with van der Waals surface area (Å²) in [5, 5.41) is 11.5. The molecule has 11 heavy (non-hydrogen) atoms. The van der Waals surface area contributed by atoms with Gasteiger partial charge in [0, 0.05) is 4.88 Å². The van der Waals surface area contributed by atoms with Crippen molar-refractivity contribution in [1.29, 1.82) is 0 Å². The number of hydrogen-bond donors (Lipinski definition) is 1. The SMILES string of the molecule is O[C@@]1(c2cccs2)CC[C@H]1F. The van der Waals surface area contributed by atoms with Gasteiger partial charge >= 0.3 is 0 Å². The first kappa shape index (κ1) is 7.25. The van der Waals surface area contributed by atoms with Gasteiger partial charge < -0.3 is 5.11 Å². The van der Waals surface area contributed by atoms with E-state index in [1.54, 1.807) is 6.07 Å². The minimum absolute atomic E-state index is 0.494. The van der Waals surface area contributed by atoms with Crippen molar-refractivity contribution in [3.63, 3.8) is 0 Å². The smallest absolute Gasteiger partial charge is 0.134 e. The molecule has 0 aliphatic heterocycles. The molecule has 2 rings (SSSR count). The Labute approximate surface area is 68.5 Å². The van der Waals surface area contributed by atoms with Crippen LogP contribution in [0.2, 0.25) is 0 Å². The molecule has 1 fully saturated rings. The van der Waals surface area contributed by atoms with Crippen LogP contribution >= 0.6 is 11.3 Å². The molecule has 1 aliphatic rings. The lowest BCUT2D eigenvalue weighted by Gasteiger charge is -2.39. The average molecular weight is 172 g/mol. The molecule has 1 N–H and O–H groups in total. The summed E-state index contributed by atoms with van der Waals surface area (Å²) in [6.07, 6.45) is 0.00412. The van der Waals surface area contributed by atoms with Gasteiger partial charge in [-0.05, 0) is 24.3 Å². The van der Waals surface area contributed by atoms with E-state index < -0.39 is 11.8 Å². The van der Waals surface area contributed by atoms with Crippen LogP contribution in [-0.2, 0) is 5.60 Å². The van der Waals surface area contributed by atoms with E-state index in [0.29, 0.717) is 12.8 Å². The molecular weight excluding hydrogens is 163 g/mol. The van der Waals surface area contributed by atoms with Gasteiger partial charge in [0.15, 0.2) is 0 Å². The van der Waals surface area contributed by atoms with E-state index >= 15 is 0 Å². The van der Waals surface area contributed by atoms with E-state index in [2.05, 4.69) is 0 Å². The highest BCUT2D eigenvalue weighted by atomic mass is 32.1. The molecule has 0 amide bonds. The van der Waals surface area contributed by atoms with Crippen molar-refractivity contribution < 1.29 is 9.50 Å². The average Bonchev–Trinajstić information content (AvgIpc) is 2.52. The van der Waals surface area contributed by atoms with Crippen LogP contribution in [0, 0.1) is 0 Å². The van der Waals surface area contributed by atoms with Crippen LogP contribution in [0.25, 0.3) is 0 Å². The van der Waals surface area contributed by atoms with Crippen LogP contribution in [0.5, 0.6) is 0 Å². The molecule has 0 saturated heterocycles. The molecule has 1 heterocycles. The molecule has 1 nitrogen and oxygen atoms in total. The van der Waals surface area contributed by atoms with Gasteiger partial charge in [0.1, 0.15) is 11.8 Å². The fourth-order valence-electron chi connectivity index (χ4n) is 1.33. The van der Waals surface area contributed by atoms with Gasteiger partial charge in [0.05, 0.1) is 0 Å². The third kappa shape index (κ3) is 0.914. The summed E-state index contributed by atoms with van der Waals surface area (Å²) >= 11 is 1.42. The maximum Gasteiger partial charge on any atom is 0.134 e. The number of halogens is 1. The topological polar surface area (TPSA) is 20.2 Å². The predicted molar refractivity (Wildman–Crippen MR) is 42.3 cm³/mol. The normalized spacial score (nSPS) is 36.7. The first-order chi connectivity index (χ1) is 5.23. The van der Waals surface area contributed by atoms with Crippen molar-refractivity contribution >= 4 is 11.3 Å². The Morgan fingerprint density at radius 3 is 2.91 bits per heavy atom. The molecular formula is C8H9FOS. The fraction of sp³-hybridized carbons (Fsp3) is 0.500. The lowest BCUT2D eigenvalue weighted by molar-refractivity contribution is -0.111. The second-order valence-electron chi connectivity index (χ2n) is 2.91. The molecule has 1 aromatic heterocycles. The summed E-state index contributed by atoms with van der Waals surface area (Å²) in [4.78, 5) is 0.760. The van der Waals surface area contributed by atoms with Gasteiger partial charge in [-0.1, -0.05) is 6.07 Å². The summed E-state index contributed by atoms with van der Waals surface area (Å²) in [5.41, 5.74) is -1.14. The first-order valence-electron chi connectivity index (χ1n) is 3.64. The monoisotopic (exact) mass is 172 g/mol. The van der Waals surface area contributed by atoms with Crippen molar-refractivity contribution in [1.82, 2.24) is 0 Å². The zero-order valence-electron chi connectivity index (χ0n) is 5.96. The molecule has 0 unspecified atom stereocenters. The zero-order valence-corrected chi connectivity index (χ0v) is 6.77. The van der Waals surface area contributed by atoms with E-state index in [-0.39, 0.29) is 0 Å². The highest BCUT2D eigenvalue weighted by Gasteiger charge is 2.47. The molecule has 1 aliphatic carbocycles. The Bertz CT molecular complexity index is 247. The molecule has 0 aromatic carbocycles. The molecule has 0 bridgehead atoms. The van der Waals surface area contributed by atoms with Gasteiger partial charge in [-0.25, -0.2) is 4.39 Å². The highest BCUT2D eigenvalue weighted by Crippen LogP contribution is 2.45. The summed E-state index contributed by atoms with van der Waals surface area (Å²) in [5.74, 6) is 0. The van der Waals surface area contributed by atoms with Crippen molar-refractivity contribution in [3.8, 4) is 0 Å². The fourth-order valence-corrected chi connectivity index (χ4v) is 2.22. The third-order valence-corrected chi connectivity index (χ3v) is 3.28. The van der Waals surface area contributed by atoms with Gasteiger partial charge in [-0.15, -0.1) is 11.3 Å². The Morgan fingerprint density at radius 1 is 1.73 bits per heavy atom. The Kier molecular flexibility index (Phi) is 1.51. The molecule has 1 saturated carbocycles. The van der Waals surface area contributed by atoms with E-state index in [9.17, 15) is 9.50 Å². The lowest BCUT2D eigenvalue weighted by atomic mass is 9.77. The molecule has 3 heteroatoms. The van der Waals surface area contributed by atoms with E-state index in [1.165, 1.54) is 11.3 Å². The van der Waals surface area contributed by atoms with Crippen LogP contribution < -0.4 is 0 Å². The molecule has 60 valence electrons. The van der Waals surface area contributed by atoms with Gasteiger partial charge in [0.25, 0.3) is 0 Å². The van der Waals surface area contributed by atoms with Crippen molar-refractivity contribution in [3.05, 3.63) is 22.4 Å². The van der Waals surface area contributed by atoms with Gasteiger partial charge in [-0.3, -0.25) is 0 Å². The molecule has 0 radical (unpaired) electrons. The van der Waals surface area contributed by atoms with E-state index in [0.717, 1.165) is 4.88 Å². The summed E-state index contributed by atoms with van der Waals surface area (Å²) in [7, 11) is 0. The number of hydrogen-bond acceptors (Lipinski definition) is 2. The first-order valence-corrected chi connectivity index (χ1v) is 4.52. The molecule has 1 aromatic rings. The Morgan fingerprint density at radius 2 is 2.55 bits per heavy atom. The minimum Gasteiger partial charge on any atom is -0.381 e. The van der Waals surface area contributed by atoms with Crippen LogP contribution in [0.4, 0.5) is 4.39 Å². The maximum absolute atomic E-state index is 12.9. The number of rotatable bonds is 1. The second kappa shape index (κ2) is 2.29. The zero-order chi connectivity index (χ0) is 7.90. The van der Waals surface area contributed by atoms with E-state index in [4.69, 9.17) is 0 Å². The predicted octanol–water partition coefficient (Wildman–Crippen LogP) is 2.07. The highest BCUT2D eigenvalue weighted by molar-refractivity contribution is 7.10. The molecule has 2 atom stereocenters. The Hall–Kier alpha value is -0.410. The van der Waals surface area contributed by atoms with Crippen molar-refractivity contribution in [2.24, 2.45) is 0 Å². The largest absolute Gasteiger partial charge is 0.381 e. The van der Waals surface area contributed by atoms with Gasteiger partial charge in [-0.2, -0.15) is 0 Å². The van der Waals surface area contributed by atoms with Crippen LogP contribution in [-0.4, -0.2) is 11.3 Å². The van der Waals surface area contributed by atoms with Gasteiger partial charge in [0.2, 0.25) is 0 Å². The number of aliphatic hydroxyl groups is 1. The number of thiophene rings is 1. The van der Waals surface area contributed by atoms with Crippen molar-refractivity contribution in [2.75, 3.05) is 0 Å². The van der Waals surface area contributed by atoms with Crippen LogP contribution in [0.15, 0.2) is 17.5 Å². The standard InChI is InChI=1S/C8H9FOS/c9-6-3-4-8(6,10)7-2-1-5-11-7/h1-2,5-6,10H,3-4H2/t6-,8+/m1/s1. The summed E-state index contributed by atoms with van der Waals surface area (Å²) in [6, 6.07) is 3.62. The quantitative estimate of drug-likeness (QED) is 0.687. The van der Waals surface area contributed by atoms with E-state index in [1.807, 2.05) is 11.4 Å². The Balaban J connectivity index is 2.28. The van der Waals surface area contributed by atoms with Crippen LogP contribution in [0.3, 0.4) is 0 Å².